The highest BCUT2D eigenvalue weighted by Gasteiger charge is 2.27. The van der Waals surface area contributed by atoms with Crippen LogP contribution in [0.5, 0.6) is 0 Å². The van der Waals surface area contributed by atoms with Gasteiger partial charge in [0.05, 0.1) is 12.7 Å². The Kier molecular flexibility index (Phi) is 5.22. The van der Waals surface area contributed by atoms with Gasteiger partial charge in [-0.3, -0.25) is 4.90 Å². The normalized spacial score (nSPS) is 33.7. The largest absolute Gasteiger partial charge is 0.381 e. The molecule has 0 bridgehead atoms. The van der Waals surface area contributed by atoms with Gasteiger partial charge in [0.2, 0.25) is 0 Å². The fourth-order valence-corrected chi connectivity index (χ4v) is 2.77. The van der Waals surface area contributed by atoms with Gasteiger partial charge in [-0.15, -0.1) is 0 Å². The van der Waals surface area contributed by atoms with Crippen molar-refractivity contribution in [1.29, 1.82) is 0 Å². The third kappa shape index (κ3) is 3.91. The minimum Gasteiger partial charge on any atom is -0.381 e. The molecule has 0 aromatic carbocycles. The standard InChI is InChI=1S/C13H26N2O2/c1-11-13(4-8-17-11)15(2)6-5-14-9-12-3-7-16-10-12/h11-14H,3-10H2,1-2H3. The molecule has 2 fully saturated rings. The molecule has 17 heavy (non-hydrogen) atoms. The van der Waals surface area contributed by atoms with Crippen LogP contribution in [0, 0.1) is 5.92 Å². The van der Waals surface area contributed by atoms with Gasteiger partial charge >= 0.3 is 0 Å². The van der Waals surface area contributed by atoms with Crippen LogP contribution in [0.3, 0.4) is 0 Å². The summed E-state index contributed by atoms with van der Waals surface area (Å²) in [5.74, 6) is 0.731. The van der Waals surface area contributed by atoms with Crippen LogP contribution in [0.25, 0.3) is 0 Å². The summed E-state index contributed by atoms with van der Waals surface area (Å²) in [6.45, 7) is 8.26. The average Bonchev–Trinajstić information content (AvgIpc) is 2.95. The van der Waals surface area contributed by atoms with Crippen LogP contribution in [0.15, 0.2) is 0 Å². The lowest BCUT2D eigenvalue weighted by Crippen LogP contribution is -2.41. The maximum atomic E-state index is 5.60. The zero-order chi connectivity index (χ0) is 12.1. The number of likely N-dealkylation sites (N-methyl/N-ethyl adjacent to an activating group) is 1. The van der Waals surface area contributed by atoms with Crippen LogP contribution < -0.4 is 5.32 Å². The highest BCUT2D eigenvalue weighted by molar-refractivity contribution is 4.80. The highest BCUT2D eigenvalue weighted by Crippen LogP contribution is 2.17. The molecule has 2 saturated heterocycles. The molecule has 2 aliphatic rings. The lowest BCUT2D eigenvalue weighted by molar-refractivity contribution is 0.0839. The quantitative estimate of drug-likeness (QED) is 0.696. The molecule has 0 radical (unpaired) electrons. The number of nitrogens with zero attached hydrogens (tertiary/aromatic N) is 1. The Hall–Kier alpha value is -0.160. The molecule has 0 aliphatic carbocycles. The molecule has 4 nitrogen and oxygen atoms in total. The van der Waals surface area contributed by atoms with Gasteiger partial charge in [-0.2, -0.15) is 0 Å². The molecular formula is C13H26N2O2. The Bertz CT molecular complexity index is 219. The Morgan fingerprint density at radius 1 is 1.29 bits per heavy atom. The van der Waals surface area contributed by atoms with Crippen molar-refractivity contribution in [3.05, 3.63) is 0 Å². The summed E-state index contributed by atoms with van der Waals surface area (Å²) in [6.07, 6.45) is 2.79. The Morgan fingerprint density at radius 3 is 2.82 bits per heavy atom. The van der Waals surface area contributed by atoms with Crippen LogP contribution >= 0.6 is 0 Å². The van der Waals surface area contributed by atoms with E-state index in [1.807, 2.05) is 0 Å². The van der Waals surface area contributed by atoms with Crippen LogP contribution in [0.4, 0.5) is 0 Å². The zero-order valence-electron chi connectivity index (χ0n) is 11.2. The average molecular weight is 242 g/mol. The van der Waals surface area contributed by atoms with Gasteiger partial charge in [0.25, 0.3) is 0 Å². The van der Waals surface area contributed by atoms with Crippen molar-refractivity contribution < 1.29 is 9.47 Å². The molecule has 2 rings (SSSR count). The van der Waals surface area contributed by atoms with E-state index in [0.717, 1.165) is 45.4 Å². The van der Waals surface area contributed by atoms with Crippen molar-refractivity contribution in [2.75, 3.05) is 46.5 Å². The predicted octanol–water partition coefficient (Wildman–Crippen LogP) is 0.722. The lowest BCUT2D eigenvalue weighted by atomic mass is 10.1. The van der Waals surface area contributed by atoms with E-state index in [1.165, 1.54) is 12.8 Å². The van der Waals surface area contributed by atoms with Crippen LogP contribution in [0.1, 0.15) is 19.8 Å². The fraction of sp³-hybridized carbons (Fsp3) is 1.00. The molecule has 0 amide bonds. The third-order valence-corrected chi connectivity index (χ3v) is 4.00. The van der Waals surface area contributed by atoms with Crippen molar-refractivity contribution in [1.82, 2.24) is 10.2 Å². The van der Waals surface area contributed by atoms with Gasteiger partial charge in [-0.05, 0) is 32.7 Å². The SMILES string of the molecule is CC1OCCC1N(C)CCNCC1CCOC1. The van der Waals surface area contributed by atoms with E-state index in [4.69, 9.17) is 9.47 Å². The molecule has 0 saturated carbocycles. The molecular weight excluding hydrogens is 216 g/mol. The van der Waals surface area contributed by atoms with Crippen molar-refractivity contribution in [3.63, 3.8) is 0 Å². The van der Waals surface area contributed by atoms with E-state index in [0.29, 0.717) is 12.1 Å². The smallest absolute Gasteiger partial charge is 0.0702 e. The van der Waals surface area contributed by atoms with Gasteiger partial charge in [0.15, 0.2) is 0 Å². The van der Waals surface area contributed by atoms with Gasteiger partial charge in [0.1, 0.15) is 0 Å². The maximum Gasteiger partial charge on any atom is 0.0702 e. The lowest BCUT2D eigenvalue weighted by Gasteiger charge is -2.26. The summed E-state index contributed by atoms with van der Waals surface area (Å²) < 4.78 is 11.0. The fourth-order valence-electron chi connectivity index (χ4n) is 2.77. The molecule has 2 aliphatic heterocycles. The van der Waals surface area contributed by atoms with E-state index >= 15 is 0 Å². The Balaban J connectivity index is 1.54. The monoisotopic (exact) mass is 242 g/mol. The van der Waals surface area contributed by atoms with Crippen molar-refractivity contribution in [3.8, 4) is 0 Å². The van der Waals surface area contributed by atoms with Gasteiger partial charge in [-0.1, -0.05) is 0 Å². The number of hydrogen-bond acceptors (Lipinski definition) is 4. The van der Waals surface area contributed by atoms with E-state index in [-0.39, 0.29) is 0 Å². The van der Waals surface area contributed by atoms with Gasteiger partial charge in [0, 0.05) is 38.9 Å². The molecule has 2 heterocycles. The Morgan fingerprint density at radius 2 is 2.18 bits per heavy atom. The summed E-state index contributed by atoms with van der Waals surface area (Å²) in [4.78, 5) is 2.43. The number of nitrogens with one attached hydrogen (secondary N) is 1. The molecule has 0 aromatic heterocycles. The number of rotatable bonds is 6. The number of ether oxygens (including phenoxy) is 2. The minimum atomic E-state index is 0.392. The second kappa shape index (κ2) is 6.69. The molecule has 1 N–H and O–H groups in total. The molecule has 0 aromatic rings. The van der Waals surface area contributed by atoms with E-state index < -0.39 is 0 Å². The summed E-state index contributed by atoms with van der Waals surface area (Å²) in [6, 6.07) is 0.603. The van der Waals surface area contributed by atoms with Gasteiger partial charge < -0.3 is 14.8 Å². The van der Waals surface area contributed by atoms with Crippen molar-refractivity contribution in [2.45, 2.75) is 31.9 Å². The second-order valence-electron chi connectivity index (χ2n) is 5.35. The Labute approximate surface area is 105 Å². The first-order chi connectivity index (χ1) is 8.27. The zero-order valence-corrected chi connectivity index (χ0v) is 11.2. The molecule has 3 atom stereocenters. The van der Waals surface area contributed by atoms with Crippen LogP contribution in [-0.2, 0) is 9.47 Å². The third-order valence-electron chi connectivity index (χ3n) is 4.00. The molecule has 0 spiro atoms. The van der Waals surface area contributed by atoms with E-state index in [1.54, 1.807) is 0 Å². The molecule has 3 unspecified atom stereocenters. The van der Waals surface area contributed by atoms with Crippen molar-refractivity contribution >= 4 is 0 Å². The summed E-state index contributed by atoms with van der Waals surface area (Å²) in [7, 11) is 2.20. The van der Waals surface area contributed by atoms with Crippen molar-refractivity contribution in [2.24, 2.45) is 5.92 Å². The summed E-state index contributed by atoms with van der Waals surface area (Å²) >= 11 is 0. The first kappa shape index (κ1) is 13.3. The first-order valence-corrected chi connectivity index (χ1v) is 6.87. The van der Waals surface area contributed by atoms with Crippen LogP contribution in [-0.4, -0.2) is 63.5 Å². The summed E-state index contributed by atoms with van der Waals surface area (Å²) in [5, 5.41) is 3.53. The van der Waals surface area contributed by atoms with Crippen LogP contribution in [0.2, 0.25) is 0 Å². The maximum absolute atomic E-state index is 5.60. The van der Waals surface area contributed by atoms with Gasteiger partial charge in [-0.25, -0.2) is 0 Å². The second-order valence-corrected chi connectivity index (χ2v) is 5.35. The predicted molar refractivity (Wildman–Crippen MR) is 68.2 cm³/mol. The molecule has 4 heteroatoms. The van der Waals surface area contributed by atoms with E-state index in [9.17, 15) is 0 Å². The minimum absolute atomic E-state index is 0.392. The summed E-state index contributed by atoms with van der Waals surface area (Å²) in [5.41, 5.74) is 0. The topological polar surface area (TPSA) is 33.7 Å². The number of hydrogen-bond donors (Lipinski definition) is 1. The first-order valence-electron chi connectivity index (χ1n) is 6.87. The van der Waals surface area contributed by atoms with E-state index in [2.05, 4.69) is 24.2 Å². The molecule has 100 valence electrons. The highest BCUT2D eigenvalue weighted by atomic mass is 16.5.